The van der Waals surface area contributed by atoms with E-state index in [1.165, 1.54) is 6.07 Å². The van der Waals surface area contributed by atoms with Crippen molar-refractivity contribution in [2.45, 2.75) is 0 Å². The summed E-state index contributed by atoms with van der Waals surface area (Å²) in [5.41, 5.74) is 0.904. The van der Waals surface area contributed by atoms with E-state index < -0.39 is 0 Å². The molecule has 0 atom stereocenters. The highest BCUT2D eigenvalue weighted by molar-refractivity contribution is 9.09. The minimum Gasteiger partial charge on any atom is -0.205 e. The second-order valence-corrected chi connectivity index (χ2v) is 3.28. The number of halogens is 3. The highest BCUT2D eigenvalue weighted by Gasteiger charge is 1.97. The van der Waals surface area contributed by atoms with Crippen LogP contribution in [0.4, 0.5) is 4.39 Å². The fourth-order valence-electron chi connectivity index (χ4n) is 0.797. The van der Waals surface area contributed by atoms with Crippen LogP contribution in [-0.4, -0.2) is 5.33 Å². The van der Waals surface area contributed by atoms with E-state index in [1.54, 1.807) is 12.1 Å². The molecule has 1 aromatic rings. The third-order valence-corrected chi connectivity index (χ3v) is 2.01. The van der Waals surface area contributed by atoms with Crippen LogP contribution >= 0.6 is 27.5 Å². The predicted octanol–water partition coefficient (Wildman–Crippen LogP) is 3.89. The van der Waals surface area contributed by atoms with E-state index in [1.807, 2.05) is 12.2 Å². The Balaban J connectivity index is 2.89. The minimum atomic E-state index is -0.382. The Bertz CT molecular complexity index is 297. The molecule has 0 aliphatic heterocycles. The number of alkyl halides is 1. The molecule has 0 aromatic heterocycles. The first-order valence-corrected chi connectivity index (χ1v) is 4.91. The van der Waals surface area contributed by atoms with Gasteiger partial charge >= 0.3 is 0 Å². The zero-order valence-corrected chi connectivity index (χ0v) is 8.57. The van der Waals surface area contributed by atoms with E-state index in [9.17, 15) is 4.39 Å². The van der Waals surface area contributed by atoms with E-state index in [-0.39, 0.29) is 10.8 Å². The van der Waals surface area contributed by atoms with Crippen molar-refractivity contribution in [2.24, 2.45) is 0 Å². The summed E-state index contributed by atoms with van der Waals surface area (Å²) in [5, 5.41) is 0.939. The Morgan fingerprint density at radius 3 is 2.83 bits per heavy atom. The predicted molar refractivity (Wildman–Crippen MR) is 54.2 cm³/mol. The van der Waals surface area contributed by atoms with Crippen LogP contribution < -0.4 is 0 Å². The van der Waals surface area contributed by atoms with Crippen LogP contribution in [0.15, 0.2) is 24.3 Å². The molecule has 0 N–H and O–H groups in total. The van der Waals surface area contributed by atoms with E-state index in [2.05, 4.69) is 15.9 Å². The zero-order valence-electron chi connectivity index (χ0n) is 6.23. The molecule has 0 bridgehead atoms. The summed E-state index contributed by atoms with van der Waals surface area (Å²) in [5.74, 6) is -0.382. The first-order chi connectivity index (χ1) is 5.74. The first kappa shape index (κ1) is 9.75. The van der Waals surface area contributed by atoms with Gasteiger partial charge in [-0.05, 0) is 17.7 Å². The van der Waals surface area contributed by atoms with Crippen molar-refractivity contribution in [2.75, 3.05) is 5.33 Å². The third kappa shape index (κ3) is 2.61. The summed E-state index contributed by atoms with van der Waals surface area (Å²) in [4.78, 5) is 0. The van der Waals surface area contributed by atoms with E-state index in [0.29, 0.717) is 0 Å². The maximum Gasteiger partial charge on any atom is 0.141 e. The van der Waals surface area contributed by atoms with Crippen LogP contribution in [0.25, 0.3) is 6.08 Å². The van der Waals surface area contributed by atoms with Gasteiger partial charge in [-0.2, -0.15) is 0 Å². The second-order valence-electron chi connectivity index (χ2n) is 2.23. The summed E-state index contributed by atoms with van der Waals surface area (Å²) in [6, 6.07) is 4.63. The highest BCUT2D eigenvalue weighted by Crippen LogP contribution is 2.16. The fraction of sp³-hybridized carbons (Fsp3) is 0.111. The molecule has 0 aliphatic carbocycles. The summed E-state index contributed by atoms with van der Waals surface area (Å²) in [6.45, 7) is 0. The average Bonchev–Trinajstić information content (AvgIpc) is 2.07. The molecular weight excluding hydrogens is 242 g/mol. The molecule has 64 valence electrons. The van der Waals surface area contributed by atoms with Crippen LogP contribution in [0.1, 0.15) is 5.56 Å². The Labute approximate surface area is 84.2 Å². The number of benzene rings is 1. The van der Waals surface area contributed by atoms with Crippen molar-refractivity contribution in [3.8, 4) is 0 Å². The van der Waals surface area contributed by atoms with Crippen molar-refractivity contribution in [1.29, 1.82) is 0 Å². The summed E-state index contributed by atoms with van der Waals surface area (Å²) < 4.78 is 12.7. The lowest BCUT2D eigenvalue weighted by atomic mass is 10.2. The van der Waals surface area contributed by atoms with Crippen LogP contribution in [0, 0.1) is 5.82 Å². The van der Waals surface area contributed by atoms with Gasteiger partial charge in [-0.25, -0.2) is 4.39 Å². The number of hydrogen-bond donors (Lipinski definition) is 0. The van der Waals surface area contributed by atoms with Crippen LogP contribution in [-0.2, 0) is 0 Å². The molecule has 1 rings (SSSR count). The summed E-state index contributed by atoms with van der Waals surface area (Å²) in [6.07, 6.45) is 3.80. The van der Waals surface area contributed by atoms with Crippen LogP contribution in [0.2, 0.25) is 5.02 Å². The standard InChI is InChI=1S/C9H7BrClF/c10-5-1-2-7-3-4-9(12)8(11)6-7/h1-4,6H,5H2/b2-1+. The lowest BCUT2D eigenvalue weighted by Crippen LogP contribution is -1.77. The van der Waals surface area contributed by atoms with Gasteiger partial charge in [0.2, 0.25) is 0 Å². The quantitative estimate of drug-likeness (QED) is 0.698. The monoisotopic (exact) mass is 248 g/mol. The molecular formula is C9H7BrClF. The number of allylic oxidation sites excluding steroid dienone is 1. The van der Waals surface area contributed by atoms with Gasteiger partial charge in [0.05, 0.1) is 5.02 Å². The molecule has 1 aromatic carbocycles. The maximum absolute atomic E-state index is 12.7. The average molecular weight is 250 g/mol. The van der Waals surface area contributed by atoms with Crippen molar-refractivity contribution in [1.82, 2.24) is 0 Å². The fourth-order valence-corrected chi connectivity index (χ4v) is 1.17. The van der Waals surface area contributed by atoms with Crippen LogP contribution in [0.3, 0.4) is 0 Å². The van der Waals surface area contributed by atoms with Gasteiger partial charge in [-0.1, -0.05) is 45.7 Å². The van der Waals surface area contributed by atoms with Gasteiger partial charge in [-0.15, -0.1) is 0 Å². The third-order valence-electron chi connectivity index (χ3n) is 1.34. The molecule has 0 spiro atoms. The zero-order chi connectivity index (χ0) is 8.97. The van der Waals surface area contributed by atoms with Crippen molar-refractivity contribution >= 4 is 33.6 Å². The Kier molecular flexibility index (Phi) is 3.76. The topological polar surface area (TPSA) is 0 Å². The van der Waals surface area contributed by atoms with E-state index in [0.717, 1.165) is 10.9 Å². The van der Waals surface area contributed by atoms with Crippen LogP contribution in [0.5, 0.6) is 0 Å². The van der Waals surface area contributed by atoms with Gasteiger partial charge in [-0.3, -0.25) is 0 Å². The highest BCUT2D eigenvalue weighted by atomic mass is 79.9. The van der Waals surface area contributed by atoms with E-state index in [4.69, 9.17) is 11.6 Å². The normalized spacial score (nSPS) is 10.9. The van der Waals surface area contributed by atoms with E-state index >= 15 is 0 Å². The largest absolute Gasteiger partial charge is 0.205 e. The van der Waals surface area contributed by atoms with Gasteiger partial charge in [0.15, 0.2) is 0 Å². The Morgan fingerprint density at radius 2 is 2.25 bits per heavy atom. The molecule has 0 aliphatic rings. The van der Waals surface area contributed by atoms with Gasteiger partial charge < -0.3 is 0 Å². The number of rotatable bonds is 2. The molecule has 0 heterocycles. The molecule has 0 saturated heterocycles. The second kappa shape index (κ2) is 4.63. The van der Waals surface area contributed by atoms with Crippen molar-refractivity contribution in [3.63, 3.8) is 0 Å². The maximum atomic E-state index is 12.7. The molecule has 3 heteroatoms. The van der Waals surface area contributed by atoms with Gasteiger partial charge in [0.25, 0.3) is 0 Å². The van der Waals surface area contributed by atoms with Gasteiger partial charge in [0.1, 0.15) is 5.82 Å². The lowest BCUT2D eigenvalue weighted by Gasteiger charge is -1.95. The molecule has 0 unspecified atom stereocenters. The SMILES string of the molecule is Fc1ccc(/C=C/CBr)cc1Cl. The first-order valence-electron chi connectivity index (χ1n) is 3.41. The lowest BCUT2D eigenvalue weighted by molar-refractivity contribution is 0.628. The molecule has 12 heavy (non-hydrogen) atoms. The summed E-state index contributed by atoms with van der Waals surface area (Å²) in [7, 11) is 0. The minimum absolute atomic E-state index is 0.159. The molecule has 0 fully saturated rings. The smallest absolute Gasteiger partial charge is 0.141 e. The molecule has 0 saturated carbocycles. The Morgan fingerprint density at radius 1 is 1.50 bits per heavy atom. The van der Waals surface area contributed by atoms with Gasteiger partial charge in [0, 0.05) is 5.33 Å². The molecule has 0 radical (unpaired) electrons. The number of hydrogen-bond acceptors (Lipinski definition) is 0. The van der Waals surface area contributed by atoms with Crippen molar-refractivity contribution < 1.29 is 4.39 Å². The molecule has 0 nitrogen and oxygen atoms in total. The Hall–Kier alpha value is -0.340. The summed E-state index contributed by atoms with van der Waals surface area (Å²) >= 11 is 8.82. The van der Waals surface area contributed by atoms with Crippen molar-refractivity contribution in [3.05, 3.63) is 40.7 Å². The molecule has 0 amide bonds.